The van der Waals surface area contributed by atoms with Crippen LogP contribution in [0, 0.1) is 0 Å². The third kappa shape index (κ3) is 2.67. The van der Waals surface area contributed by atoms with Gasteiger partial charge < -0.3 is 10.1 Å². The Balaban J connectivity index is 2.35. The Bertz CT molecular complexity index is 591. The van der Waals surface area contributed by atoms with Gasteiger partial charge in [0.15, 0.2) is 5.82 Å². The number of aromatic nitrogens is 3. The molecule has 0 radical (unpaired) electrons. The van der Waals surface area contributed by atoms with Gasteiger partial charge in [-0.05, 0) is 18.9 Å². The molecule has 0 saturated heterocycles. The van der Waals surface area contributed by atoms with E-state index in [1.54, 1.807) is 23.8 Å². The van der Waals surface area contributed by atoms with Crippen molar-refractivity contribution in [1.29, 1.82) is 0 Å². The zero-order valence-corrected chi connectivity index (χ0v) is 11.5. The lowest BCUT2D eigenvalue weighted by molar-refractivity contribution is -0.141. The second-order valence-corrected chi connectivity index (χ2v) is 4.72. The molecule has 19 heavy (non-hydrogen) atoms. The normalized spacial score (nSPS) is 12.7. The van der Waals surface area contributed by atoms with Crippen LogP contribution in [-0.2, 0) is 9.53 Å². The number of carbonyl (C=O) groups is 1. The number of esters is 1. The fourth-order valence-electron chi connectivity index (χ4n) is 1.78. The fourth-order valence-corrected chi connectivity index (χ4v) is 1.78. The number of hydrogen-bond acceptors (Lipinski definition) is 5. The summed E-state index contributed by atoms with van der Waals surface area (Å²) in [5.41, 5.74) is 1.84. The Morgan fingerprint density at radius 2 is 2.16 bits per heavy atom. The number of ether oxygens (including phenoxy) is 1. The SMILES string of the molecule is COC(=O)C(C)Nc1nccn2nc(C(C)C)cc12. The molecule has 1 unspecified atom stereocenters. The molecule has 102 valence electrons. The summed E-state index contributed by atoms with van der Waals surface area (Å²) < 4.78 is 6.45. The van der Waals surface area contributed by atoms with Crippen molar-refractivity contribution in [3.63, 3.8) is 0 Å². The molecule has 6 nitrogen and oxygen atoms in total. The number of nitrogens with one attached hydrogen (secondary N) is 1. The van der Waals surface area contributed by atoms with Crippen LogP contribution in [0.1, 0.15) is 32.4 Å². The number of rotatable bonds is 4. The Morgan fingerprint density at radius 1 is 1.42 bits per heavy atom. The van der Waals surface area contributed by atoms with Crippen LogP contribution in [0.4, 0.5) is 5.82 Å². The van der Waals surface area contributed by atoms with E-state index in [0.717, 1.165) is 11.2 Å². The van der Waals surface area contributed by atoms with Gasteiger partial charge in [-0.2, -0.15) is 5.10 Å². The van der Waals surface area contributed by atoms with Gasteiger partial charge in [0, 0.05) is 12.4 Å². The number of fused-ring (bicyclic) bond motifs is 1. The summed E-state index contributed by atoms with van der Waals surface area (Å²) in [4.78, 5) is 15.7. The van der Waals surface area contributed by atoms with Crippen molar-refractivity contribution < 1.29 is 9.53 Å². The van der Waals surface area contributed by atoms with E-state index in [4.69, 9.17) is 0 Å². The summed E-state index contributed by atoms with van der Waals surface area (Å²) in [5, 5.41) is 7.51. The van der Waals surface area contributed by atoms with E-state index in [1.807, 2.05) is 6.07 Å². The lowest BCUT2D eigenvalue weighted by atomic mass is 10.1. The summed E-state index contributed by atoms with van der Waals surface area (Å²) in [6.07, 6.45) is 3.44. The van der Waals surface area contributed by atoms with E-state index in [-0.39, 0.29) is 5.97 Å². The first kappa shape index (κ1) is 13.3. The molecule has 0 amide bonds. The van der Waals surface area contributed by atoms with Gasteiger partial charge in [0.2, 0.25) is 0 Å². The second-order valence-electron chi connectivity index (χ2n) is 4.72. The molecule has 0 spiro atoms. The summed E-state index contributed by atoms with van der Waals surface area (Å²) >= 11 is 0. The Labute approximate surface area is 111 Å². The summed E-state index contributed by atoms with van der Waals surface area (Å²) in [7, 11) is 1.37. The minimum Gasteiger partial charge on any atom is -0.467 e. The number of anilines is 1. The third-order valence-electron chi connectivity index (χ3n) is 2.91. The molecule has 6 heteroatoms. The van der Waals surface area contributed by atoms with Crippen LogP contribution in [0.5, 0.6) is 0 Å². The molecule has 0 aliphatic rings. The maximum Gasteiger partial charge on any atom is 0.328 e. The van der Waals surface area contributed by atoms with Crippen molar-refractivity contribution in [3.8, 4) is 0 Å². The van der Waals surface area contributed by atoms with Crippen molar-refractivity contribution in [2.24, 2.45) is 0 Å². The molecular weight excluding hydrogens is 244 g/mol. The highest BCUT2D eigenvalue weighted by atomic mass is 16.5. The van der Waals surface area contributed by atoms with Crippen LogP contribution in [0.2, 0.25) is 0 Å². The van der Waals surface area contributed by atoms with E-state index in [2.05, 4.69) is 34.0 Å². The fraction of sp³-hybridized carbons (Fsp3) is 0.462. The van der Waals surface area contributed by atoms with E-state index in [1.165, 1.54) is 7.11 Å². The van der Waals surface area contributed by atoms with Gasteiger partial charge in [-0.25, -0.2) is 14.3 Å². The van der Waals surface area contributed by atoms with Crippen LogP contribution in [-0.4, -0.2) is 33.7 Å². The van der Waals surface area contributed by atoms with Gasteiger partial charge in [0.25, 0.3) is 0 Å². The van der Waals surface area contributed by atoms with Crippen molar-refractivity contribution in [2.75, 3.05) is 12.4 Å². The van der Waals surface area contributed by atoms with Crippen LogP contribution in [0.3, 0.4) is 0 Å². The summed E-state index contributed by atoms with van der Waals surface area (Å²) in [5.74, 6) is 0.637. The van der Waals surface area contributed by atoms with E-state index < -0.39 is 6.04 Å². The predicted octanol–water partition coefficient (Wildman–Crippen LogP) is 1.83. The molecule has 2 aromatic heterocycles. The minimum absolute atomic E-state index is 0.326. The Kier molecular flexibility index (Phi) is 3.69. The quantitative estimate of drug-likeness (QED) is 0.851. The molecule has 2 aromatic rings. The molecule has 0 saturated carbocycles. The van der Waals surface area contributed by atoms with E-state index in [9.17, 15) is 4.79 Å². The zero-order valence-electron chi connectivity index (χ0n) is 11.5. The molecule has 2 heterocycles. The van der Waals surface area contributed by atoms with E-state index in [0.29, 0.717) is 11.7 Å². The molecular formula is C13H18N4O2. The van der Waals surface area contributed by atoms with Gasteiger partial charge >= 0.3 is 5.97 Å². The maximum absolute atomic E-state index is 11.4. The first-order valence-corrected chi connectivity index (χ1v) is 6.21. The average molecular weight is 262 g/mol. The standard InChI is InChI=1S/C13H18N4O2/c1-8(2)10-7-11-12(14-5-6-17(11)16-10)15-9(3)13(18)19-4/h5-9H,1-4H3,(H,14,15). The summed E-state index contributed by atoms with van der Waals surface area (Å²) in [6, 6.07) is 1.52. The molecule has 0 fully saturated rings. The van der Waals surface area contributed by atoms with E-state index >= 15 is 0 Å². The lowest BCUT2D eigenvalue weighted by Crippen LogP contribution is -2.27. The van der Waals surface area contributed by atoms with Crippen LogP contribution in [0.15, 0.2) is 18.5 Å². The molecule has 0 aliphatic carbocycles. The van der Waals surface area contributed by atoms with Gasteiger partial charge in [0.1, 0.15) is 11.6 Å². The van der Waals surface area contributed by atoms with Gasteiger partial charge in [-0.1, -0.05) is 13.8 Å². The average Bonchev–Trinajstić information content (AvgIpc) is 2.83. The van der Waals surface area contributed by atoms with Crippen molar-refractivity contribution in [3.05, 3.63) is 24.2 Å². The monoisotopic (exact) mass is 262 g/mol. The zero-order chi connectivity index (χ0) is 14.0. The van der Waals surface area contributed by atoms with Crippen LogP contribution >= 0.6 is 0 Å². The third-order valence-corrected chi connectivity index (χ3v) is 2.91. The molecule has 1 N–H and O–H groups in total. The highest BCUT2D eigenvalue weighted by Gasteiger charge is 2.16. The molecule has 0 aromatic carbocycles. The number of hydrogen-bond donors (Lipinski definition) is 1. The van der Waals surface area contributed by atoms with Gasteiger partial charge in [-0.15, -0.1) is 0 Å². The first-order chi connectivity index (χ1) is 9.02. The number of nitrogens with zero attached hydrogens (tertiary/aromatic N) is 3. The molecule has 1 atom stereocenters. The molecule has 0 bridgehead atoms. The molecule has 2 rings (SSSR count). The smallest absolute Gasteiger partial charge is 0.328 e. The molecule has 0 aliphatic heterocycles. The largest absolute Gasteiger partial charge is 0.467 e. The first-order valence-electron chi connectivity index (χ1n) is 6.21. The van der Waals surface area contributed by atoms with Crippen molar-refractivity contribution >= 4 is 17.3 Å². The van der Waals surface area contributed by atoms with Gasteiger partial charge in [-0.3, -0.25) is 0 Å². The maximum atomic E-state index is 11.4. The van der Waals surface area contributed by atoms with Crippen molar-refractivity contribution in [1.82, 2.24) is 14.6 Å². The summed E-state index contributed by atoms with van der Waals surface area (Å²) in [6.45, 7) is 5.90. The number of methoxy groups -OCH3 is 1. The lowest BCUT2D eigenvalue weighted by Gasteiger charge is -2.12. The Morgan fingerprint density at radius 3 is 2.79 bits per heavy atom. The predicted molar refractivity (Wildman–Crippen MR) is 72.2 cm³/mol. The highest BCUT2D eigenvalue weighted by molar-refractivity contribution is 5.80. The van der Waals surface area contributed by atoms with Crippen LogP contribution in [0.25, 0.3) is 5.52 Å². The van der Waals surface area contributed by atoms with Crippen molar-refractivity contribution in [2.45, 2.75) is 32.7 Å². The Hall–Kier alpha value is -2.11. The number of carbonyl (C=O) groups excluding carboxylic acids is 1. The highest BCUT2D eigenvalue weighted by Crippen LogP contribution is 2.20. The second kappa shape index (κ2) is 5.26. The topological polar surface area (TPSA) is 68.5 Å². The minimum atomic E-state index is -0.457. The van der Waals surface area contributed by atoms with Crippen LogP contribution < -0.4 is 5.32 Å². The van der Waals surface area contributed by atoms with Gasteiger partial charge in [0.05, 0.1) is 12.8 Å².